The molecule has 0 aromatic rings. The van der Waals surface area contributed by atoms with Crippen molar-refractivity contribution in [2.75, 3.05) is 0 Å². The Balaban J connectivity index is 1.71. The summed E-state index contributed by atoms with van der Waals surface area (Å²) in [5.41, 5.74) is 0. The van der Waals surface area contributed by atoms with Gasteiger partial charge in [0.25, 0.3) is 10.1 Å². The van der Waals surface area contributed by atoms with Gasteiger partial charge in [0.05, 0.1) is 5.25 Å². The van der Waals surface area contributed by atoms with Crippen molar-refractivity contribution in [3.05, 3.63) is 0 Å². The molecule has 7 atom stereocenters. The lowest BCUT2D eigenvalue weighted by molar-refractivity contribution is 0.145. The zero-order valence-corrected chi connectivity index (χ0v) is 10.1. The predicted molar refractivity (Wildman–Crippen MR) is 59.4 cm³/mol. The fourth-order valence-electron chi connectivity index (χ4n) is 5.85. The van der Waals surface area contributed by atoms with Crippen molar-refractivity contribution in [2.24, 2.45) is 35.5 Å². The van der Waals surface area contributed by atoms with E-state index >= 15 is 0 Å². The zero-order chi connectivity index (χ0) is 11.1. The van der Waals surface area contributed by atoms with Crippen LogP contribution in [0.3, 0.4) is 0 Å². The Morgan fingerprint density at radius 3 is 2.25 bits per heavy atom. The second-order valence-corrected chi connectivity index (χ2v) is 8.07. The molecular formula is C12H18O3S. The van der Waals surface area contributed by atoms with Crippen molar-refractivity contribution in [1.82, 2.24) is 0 Å². The number of hydrogen-bond donors (Lipinski definition) is 1. The standard InChI is InChI=1S/C12H18O3S/c13-16(14,15)10-5-8-4-9(10)12-7-2-1-6(3-7)11(8)12/h6-12H,1-5H2,(H,13,14,15)/t6?,7?,8?,9?,10?,11?,12-/m0/s1. The van der Waals surface area contributed by atoms with Gasteiger partial charge in [-0.3, -0.25) is 4.55 Å². The fourth-order valence-corrected chi connectivity index (χ4v) is 7.07. The second kappa shape index (κ2) is 2.83. The number of rotatable bonds is 1. The Morgan fingerprint density at radius 1 is 0.875 bits per heavy atom. The first kappa shape index (κ1) is 9.89. The molecule has 0 saturated heterocycles. The van der Waals surface area contributed by atoms with Gasteiger partial charge in [-0.15, -0.1) is 0 Å². The average molecular weight is 242 g/mol. The molecule has 3 nitrogen and oxygen atoms in total. The van der Waals surface area contributed by atoms with Gasteiger partial charge in [-0.1, -0.05) is 0 Å². The van der Waals surface area contributed by atoms with Crippen molar-refractivity contribution in [3.8, 4) is 0 Å². The number of fused-ring (bicyclic) bond motifs is 9. The van der Waals surface area contributed by atoms with Gasteiger partial charge >= 0.3 is 0 Å². The van der Waals surface area contributed by atoms with Crippen molar-refractivity contribution in [2.45, 2.75) is 37.4 Å². The minimum Gasteiger partial charge on any atom is -0.285 e. The first-order valence-electron chi connectivity index (χ1n) is 6.52. The molecule has 0 aromatic carbocycles. The van der Waals surface area contributed by atoms with Crippen LogP contribution in [0.5, 0.6) is 0 Å². The summed E-state index contributed by atoms with van der Waals surface area (Å²) < 4.78 is 32.0. The molecule has 6 unspecified atom stereocenters. The Bertz CT molecular complexity index is 430. The van der Waals surface area contributed by atoms with Crippen LogP contribution < -0.4 is 0 Å². The van der Waals surface area contributed by atoms with Crippen LogP contribution in [-0.2, 0) is 10.1 Å². The van der Waals surface area contributed by atoms with E-state index in [-0.39, 0.29) is 0 Å². The molecule has 90 valence electrons. The lowest BCUT2D eigenvalue weighted by atomic mass is 9.71. The molecule has 4 rings (SSSR count). The molecule has 0 heterocycles. The van der Waals surface area contributed by atoms with Gasteiger partial charge < -0.3 is 0 Å². The largest absolute Gasteiger partial charge is 0.285 e. The summed E-state index contributed by atoms with van der Waals surface area (Å²) in [6.07, 6.45) is 5.86. The highest BCUT2D eigenvalue weighted by atomic mass is 32.2. The highest BCUT2D eigenvalue weighted by Crippen LogP contribution is 2.68. The van der Waals surface area contributed by atoms with E-state index in [0.717, 1.165) is 30.6 Å². The van der Waals surface area contributed by atoms with E-state index < -0.39 is 15.4 Å². The number of hydrogen-bond acceptors (Lipinski definition) is 2. The molecule has 0 radical (unpaired) electrons. The first-order valence-corrected chi connectivity index (χ1v) is 8.02. The highest BCUT2D eigenvalue weighted by Gasteiger charge is 2.64. The van der Waals surface area contributed by atoms with Gasteiger partial charge in [-0.25, -0.2) is 0 Å². The van der Waals surface area contributed by atoms with Gasteiger partial charge in [0.1, 0.15) is 0 Å². The fraction of sp³-hybridized carbons (Fsp3) is 1.00. The normalized spacial score (nSPS) is 58.2. The molecule has 4 aliphatic rings. The molecule has 0 amide bonds. The maximum absolute atomic E-state index is 11.4. The Kier molecular flexibility index (Phi) is 1.75. The summed E-state index contributed by atoms with van der Waals surface area (Å²) in [6, 6.07) is 0. The SMILES string of the molecule is O=S(=O)(O)C1CC2CC1[C@@H]1C3CCC(C3)C21. The maximum atomic E-state index is 11.4. The monoisotopic (exact) mass is 242 g/mol. The van der Waals surface area contributed by atoms with E-state index in [0.29, 0.717) is 17.8 Å². The predicted octanol–water partition coefficient (Wildman–Crippen LogP) is 1.94. The van der Waals surface area contributed by atoms with Crippen LogP contribution in [0.4, 0.5) is 0 Å². The Morgan fingerprint density at radius 2 is 1.56 bits per heavy atom. The molecule has 4 aliphatic carbocycles. The van der Waals surface area contributed by atoms with Crippen LogP contribution in [-0.4, -0.2) is 18.2 Å². The van der Waals surface area contributed by atoms with Crippen LogP contribution in [0.2, 0.25) is 0 Å². The highest BCUT2D eigenvalue weighted by molar-refractivity contribution is 7.86. The van der Waals surface area contributed by atoms with Gasteiger partial charge in [0.15, 0.2) is 0 Å². The van der Waals surface area contributed by atoms with Crippen molar-refractivity contribution < 1.29 is 13.0 Å². The third-order valence-electron chi connectivity index (χ3n) is 6.06. The van der Waals surface area contributed by atoms with E-state index in [1.165, 1.54) is 19.3 Å². The van der Waals surface area contributed by atoms with Gasteiger partial charge in [-0.05, 0) is 67.6 Å². The lowest BCUT2D eigenvalue weighted by Gasteiger charge is -2.37. The molecule has 0 aliphatic heterocycles. The summed E-state index contributed by atoms with van der Waals surface area (Å²) in [7, 11) is -3.79. The molecule has 16 heavy (non-hydrogen) atoms. The minimum absolute atomic E-state index is 0.292. The summed E-state index contributed by atoms with van der Waals surface area (Å²) in [4.78, 5) is 0. The second-order valence-electron chi connectivity index (χ2n) is 6.44. The smallest absolute Gasteiger partial charge is 0.268 e. The third-order valence-corrected chi connectivity index (χ3v) is 7.36. The van der Waals surface area contributed by atoms with E-state index in [1.807, 2.05) is 0 Å². The third kappa shape index (κ3) is 1.05. The summed E-state index contributed by atoms with van der Waals surface area (Å²) in [5.74, 6) is 4.05. The van der Waals surface area contributed by atoms with E-state index in [9.17, 15) is 13.0 Å². The van der Waals surface area contributed by atoms with Crippen LogP contribution in [0.1, 0.15) is 32.1 Å². The molecule has 4 bridgehead atoms. The molecular weight excluding hydrogens is 224 g/mol. The van der Waals surface area contributed by atoms with E-state index in [1.54, 1.807) is 0 Å². The van der Waals surface area contributed by atoms with Gasteiger partial charge in [0.2, 0.25) is 0 Å². The summed E-state index contributed by atoms with van der Waals surface area (Å²) in [6.45, 7) is 0. The summed E-state index contributed by atoms with van der Waals surface area (Å²) in [5, 5.41) is -0.418. The van der Waals surface area contributed by atoms with Crippen molar-refractivity contribution in [3.63, 3.8) is 0 Å². The van der Waals surface area contributed by atoms with Gasteiger partial charge in [0, 0.05) is 0 Å². The molecule has 4 fully saturated rings. The van der Waals surface area contributed by atoms with E-state index in [2.05, 4.69) is 0 Å². The van der Waals surface area contributed by atoms with Crippen molar-refractivity contribution >= 4 is 10.1 Å². The Hall–Kier alpha value is -0.0900. The topological polar surface area (TPSA) is 54.4 Å². The first-order chi connectivity index (χ1) is 7.55. The van der Waals surface area contributed by atoms with Crippen LogP contribution >= 0.6 is 0 Å². The molecule has 4 heteroatoms. The van der Waals surface area contributed by atoms with Crippen LogP contribution in [0.25, 0.3) is 0 Å². The van der Waals surface area contributed by atoms with Crippen LogP contribution in [0.15, 0.2) is 0 Å². The molecule has 1 N–H and O–H groups in total. The summed E-state index contributed by atoms with van der Waals surface area (Å²) >= 11 is 0. The quantitative estimate of drug-likeness (QED) is 0.565. The maximum Gasteiger partial charge on any atom is 0.268 e. The van der Waals surface area contributed by atoms with Crippen molar-refractivity contribution in [1.29, 1.82) is 0 Å². The molecule has 0 spiro atoms. The average Bonchev–Trinajstić information content (AvgIpc) is 2.94. The zero-order valence-electron chi connectivity index (χ0n) is 9.25. The van der Waals surface area contributed by atoms with E-state index in [4.69, 9.17) is 0 Å². The Labute approximate surface area is 96.4 Å². The van der Waals surface area contributed by atoms with Crippen LogP contribution in [0, 0.1) is 35.5 Å². The molecule has 4 saturated carbocycles. The molecule has 0 aromatic heterocycles. The lowest BCUT2D eigenvalue weighted by Crippen LogP contribution is -2.38. The minimum atomic E-state index is -3.79. The van der Waals surface area contributed by atoms with Gasteiger partial charge in [-0.2, -0.15) is 8.42 Å².